The zero-order valence-electron chi connectivity index (χ0n) is 11.1. The molecule has 4 nitrogen and oxygen atoms in total. The molecule has 2 aromatic heterocycles. The third-order valence-electron chi connectivity index (χ3n) is 2.99. The number of nitrogens with one attached hydrogen (secondary N) is 1. The molecule has 0 aliphatic heterocycles. The second-order valence-electron chi connectivity index (χ2n) is 4.18. The molecule has 2 rings (SSSR count). The molecule has 0 saturated carbocycles. The number of nitrogens with zero attached hydrogens (tertiary/aromatic N) is 2. The molecule has 2 heterocycles. The number of hydrogen-bond donors (Lipinski definition) is 1. The molecule has 2 aromatic rings. The van der Waals surface area contributed by atoms with Crippen LogP contribution in [0.5, 0.6) is 0 Å². The Morgan fingerprint density at radius 2 is 2.17 bits per heavy atom. The average Bonchev–Trinajstić information content (AvgIpc) is 2.77. The average molecular weight is 263 g/mol. The summed E-state index contributed by atoms with van der Waals surface area (Å²) in [6, 6.07) is 2.04. The zero-order chi connectivity index (χ0) is 13.3. The molecule has 0 aliphatic rings. The second kappa shape index (κ2) is 4.94. The Labute approximate surface area is 110 Å². The number of pyridine rings is 1. The Morgan fingerprint density at radius 3 is 2.72 bits per heavy atom. The van der Waals surface area contributed by atoms with E-state index < -0.39 is 0 Å². The van der Waals surface area contributed by atoms with Crippen LogP contribution < -0.4 is 10.9 Å². The summed E-state index contributed by atoms with van der Waals surface area (Å²) in [4.78, 5) is 16.9. The summed E-state index contributed by atoms with van der Waals surface area (Å²) >= 11 is 1.51. The van der Waals surface area contributed by atoms with Crippen molar-refractivity contribution in [3.05, 3.63) is 33.1 Å². The van der Waals surface area contributed by atoms with Gasteiger partial charge in [0.15, 0.2) is 5.13 Å². The van der Waals surface area contributed by atoms with Crippen LogP contribution >= 0.6 is 11.3 Å². The maximum absolute atomic E-state index is 12.4. The molecule has 5 heteroatoms. The van der Waals surface area contributed by atoms with Gasteiger partial charge in [-0.25, -0.2) is 4.98 Å². The van der Waals surface area contributed by atoms with Crippen LogP contribution in [-0.4, -0.2) is 16.6 Å². The Morgan fingerprint density at radius 1 is 1.44 bits per heavy atom. The number of hydrogen-bond acceptors (Lipinski definition) is 4. The summed E-state index contributed by atoms with van der Waals surface area (Å²) in [5.41, 5.74) is 3.49. The van der Waals surface area contributed by atoms with Crippen molar-refractivity contribution in [3.63, 3.8) is 0 Å². The molecule has 0 spiro atoms. The molecule has 0 unspecified atom stereocenters. The van der Waals surface area contributed by atoms with Gasteiger partial charge in [0.2, 0.25) is 0 Å². The Hall–Kier alpha value is -1.62. The van der Waals surface area contributed by atoms with Crippen molar-refractivity contribution >= 4 is 16.5 Å². The summed E-state index contributed by atoms with van der Waals surface area (Å²) in [6.07, 6.45) is 0. The number of anilines is 1. The highest BCUT2D eigenvalue weighted by Gasteiger charge is 2.14. The van der Waals surface area contributed by atoms with Crippen LogP contribution in [-0.2, 0) is 6.54 Å². The third-order valence-corrected chi connectivity index (χ3v) is 3.85. The fraction of sp³-hybridized carbons (Fsp3) is 0.385. The fourth-order valence-electron chi connectivity index (χ4n) is 2.14. The largest absolute Gasteiger partial charge is 0.365 e. The fourth-order valence-corrected chi connectivity index (χ4v) is 2.80. The van der Waals surface area contributed by atoms with E-state index in [1.54, 1.807) is 4.57 Å². The van der Waals surface area contributed by atoms with Gasteiger partial charge in [-0.3, -0.25) is 4.79 Å². The van der Waals surface area contributed by atoms with Crippen LogP contribution in [0.4, 0.5) is 5.13 Å². The topological polar surface area (TPSA) is 46.9 Å². The lowest BCUT2D eigenvalue weighted by atomic mass is 10.1. The van der Waals surface area contributed by atoms with Gasteiger partial charge in [-0.2, -0.15) is 0 Å². The molecule has 0 amide bonds. The highest BCUT2D eigenvalue weighted by atomic mass is 32.1. The normalized spacial score (nSPS) is 10.7. The first-order valence-electron chi connectivity index (χ1n) is 5.93. The maximum Gasteiger partial charge on any atom is 0.260 e. The maximum atomic E-state index is 12.4. The molecule has 0 aliphatic carbocycles. The molecule has 0 fully saturated rings. The quantitative estimate of drug-likeness (QED) is 0.926. The van der Waals surface area contributed by atoms with E-state index in [4.69, 9.17) is 0 Å². The molecule has 18 heavy (non-hydrogen) atoms. The van der Waals surface area contributed by atoms with Gasteiger partial charge in [-0.15, -0.1) is 11.3 Å². The molecule has 96 valence electrons. The zero-order valence-corrected chi connectivity index (χ0v) is 11.9. The molecular formula is C13H17N3OS. The molecule has 0 radical (unpaired) electrons. The number of rotatable bonds is 3. The molecular weight excluding hydrogens is 246 g/mol. The Bertz CT molecular complexity index is 628. The van der Waals surface area contributed by atoms with E-state index in [2.05, 4.69) is 10.3 Å². The Kier molecular flexibility index (Phi) is 3.52. The van der Waals surface area contributed by atoms with Crippen molar-refractivity contribution in [1.82, 2.24) is 9.55 Å². The van der Waals surface area contributed by atoms with E-state index in [1.165, 1.54) is 11.3 Å². The van der Waals surface area contributed by atoms with Crippen LogP contribution in [0.15, 0.2) is 16.2 Å². The number of aromatic nitrogens is 2. The van der Waals surface area contributed by atoms with Crippen molar-refractivity contribution in [2.75, 3.05) is 12.4 Å². The minimum absolute atomic E-state index is 0.0444. The van der Waals surface area contributed by atoms with Crippen LogP contribution in [0.1, 0.15) is 18.2 Å². The molecule has 0 aromatic carbocycles. The van der Waals surface area contributed by atoms with Gasteiger partial charge < -0.3 is 9.88 Å². The van der Waals surface area contributed by atoms with Gasteiger partial charge in [-0.1, -0.05) is 0 Å². The van der Waals surface area contributed by atoms with E-state index >= 15 is 0 Å². The lowest BCUT2D eigenvalue weighted by Crippen LogP contribution is -2.24. The highest BCUT2D eigenvalue weighted by Crippen LogP contribution is 2.25. The van der Waals surface area contributed by atoms with E-state index in [-0.39, 0.29) is 5.56 Å². The van der Waals surface area contributed by atoms with Crippen molar-refractivity contribution in [3.8, 4) is 11.3 Å². The van der Waals surface area contributed by atoms with E-state index in [9.17, 15) is 4.79 Å². The van der Waals surface area contributed by atoms with E-state index in [1.807, 2.05) is 39.3 Å². The van der Waals surface area contributed by atoms with Gasteiger partial charge in [-0.05, 0) is 32.4 Å². The first kappa shape index (κ1) is 12.8. The van der Waals surface area contributed by atoms with Crippen molar-refractivity contribution < 1.29 is 0 Å². The third kappa shape index (κ3) is 2.06. The smallest absolute Gasteiger partial charge is 0.260 e. The second-order valence-corrected chi connectivity index (χ2v) is 5.04. The predicted molar refractivity (Wildman–Crippen MR) is 76.5 cm³/mol. The summed E-state index contributed by atoms with van der Waals surface area (Å²) in [5, 5.41) is 5.74. The van der Waals surface area contributed by atoms with Crippen LogP contribution in [0, 0.1) is 13.8 Å². The summed E-state index contributed by atoms with van der Waals surface area (Å²) in [5.74, 6) is 0. The van der Waals surface area contributed by atoms with Crippen molar-refractivity contribution in [2.45, 2.75) is 27.3 Å². The SMILES string of the molecule is CCn1c(C)cc(C)c(-c2csc(NC)n2)c1=O. The lowest BCUT2D eigenvalue weighted by molar-refractivity contribution is 0.700. The minimum Gasteiger partial charge on any atom is -0.365 e. The molecule has 1 N–H and O–H groups in total. The predicted octanol–water partition coefficient (Wildman–Crippen LogP) is 2.65. The van der Waals surface area contributed by atoms with Crippen LogP contribution in [0.3, 0.4) is 0 Å². The summed E-state index contributed by atoms with van der Waals surface area (Å²) in [7, 11) is 1.83. The summed E-state index contributed by atoms with van der Waals surface area (Å²) in [6.45, 7) is 6.58. The minimum atomic E-state index is 0.0444. The standard InChI is InChI=1S/C13H17N3OS/c1-5-16-9(3)6-8(2)11(12(16)17)10-7-18-13(14-4)15-10/h6-7H,5H2,1-4H3,(H,14,15). The molecule has 0 bridgehead atoms. The molecule has 0 atom stereocenters. The van der Waals surface area contributed by atoms with Gasteiger partial charge in [0.05, 0.1) is 11.3 Å². The Balaban J connectivity index is 2.67. The van der Waals surface area contributed by atoms with Gasteiger partial charge in [0.25, 0.3) is 5.56 Å². The first-order valence-corrected chi connectivity index (χ1v) is 6.81. The van der Waals surface area contributed by atoms with Crippen molar-refractivity contribution in [2.24, 2.45) is 0 Å². The van der Waals surface area contributed by atoms with Crippen molar-refractivity contribution in [1.29, 1.82) is 0 Å². The first-order chi connectivity index (χ1) is 8.58. The summed E-state index contributed by atoms with van der Waals surface area (Å²) < 4.78 is 1.78. The molecule has 0 saturated heterocycles. The van der Waals surface area contributed by atoms with Crippen LogP contribution in [0.25, 0.3) is 11.3 Å². The highest BCUT2D eigenvalue weighted by molar-refractivity contribution is 7.14. The van der Waals surface area contributed by atoms with E-state index in [0.29, 0.717) is 12.1 Å². The van der Waals surface area contributed by atoms with Crippen LogP contribution in [0.2, 0.25) is 0 Å². The van der Waals surface area contributed by atoms with Gasteiger partial charge in [0.1, 0.15) is 0 Å². The lowest BCUT2D eigenvalue weighted by Gasteiger charge is -2.11. The van der Waals surface area contributed by atoms with Gasteiger partial charge in [0, 0.05) is 24.7 Å². The number of thiazole rings is 1. The van der Waals surface area contributed by atoms with Gasteiger partial charge >= 0.3 is 0 Å². The van der Waals surface area contributed by atoms with E-state index in [0.717, 1.165) is 22.1 Å². The monoisotopic (exact) mass is 263 g/mol. The number of aryl methyl sites for hydroxylation is 2.